The van der Waals surface area contributed by atoms with Gasteiger partial charge in [-0.15, -0.1) is 0 Å². The average molecular weight is 243 g/mol. The van der Waals surface area contributed by atoms with E-state index < -0.39 is 5.97 Å². The number of hydrogen-bond acceptors (Lipinski definition) is 4. The molecular formula is C14H13NO3. The number of para-hydroxylation sites is 1. The number of ether oxygens (including phenoxy) is 1. The number of methoxy groups -OCH3 is 1. The molecule has 92 valence electrons. The molecular weight excluding hydrogens is 230 g/mol. The number of nitrogens with one attached hydrogen (secondary N) is 1. The molecule has 18 heavy (non-hydrogen) atoms. The Morgan fingerprint density at radius 3 is 2.56 bits per heavy atom. The van der Waals surface area contributed by atoms with Crippen LogP contribution in [0.25, 0.3) is 0 Å². The second-order valence-corrected chi connectivity index (χ2v) is 3.71. The number of rotatable bonds is 3. The number of benzene rings is 2. The molecule has 0 aliphatic heterocycles. The van der Waals surface area contributed by atoms with Gasteiger partial charge in [-0.3, -0.25) is 0 Å². The summed E-state index contributed by atoms with van der Waals surface area (Å²) in [6.45, 7) is 0. The van der Waals surface area contributed by atoms with E-state index >= 15 is 0 Å². The molecule has 4 nitrogen and oxygen atoms in total. The van der Waals surface area contributed by atoms with E-state index in [2.05, 4.69) is 10.1 Å². The summed E-state index contributed by atoms with van der Waals surface area (Å²) in [5, 5.41) is 12.8. The minimum absolute atomic E-state index is 0.0755. The van der Waals surface area contributed by atoms with E-state index in [0.29, 0.717) is 11.3 Å². The molecule has 0 aromatic heterocycles. The molecule has 0 unspecified atom stereocenters. The van der Waals surface area contributed by atoms with Crippen LogP contribution >= 0.6 is 0 Å². The van der Waals surface area contributed by atoms with Crippen molar-refractivity contribution < 1.29 is 14.6 Å². The van der Waals surface area contributed by atoms with E-state index in [9.17, 15) is 9.90 Å². The highest BCUT2D eigenvalue weighted by atomic mass is 16.5. The van der Waals surface area contributed by atoms with Crippen LogP contribution in [0.5, 0.6) is 5.75 Å². The van der Waals surface area contributed by atoms with Gasteiger partial charge in [-0.1, -0.05) is 18.2 Å². The van der Waals surface area contributed by atoms with E-state index in [-0.39, 0.29) is 5.75 Å². The topological polar surface area (TPSA) is 58.6 Å². The number of esters is 1. The van der Waals surface area contributed by atoms with Crippen LogP contribution < -0.4 is 5.32 Å². The SMILES string of the molecule is COC(=O)c1ccc(O)c(Nc2ccccc2)c1. The van der Waals surface area contributed by atoms with Crippen molar-refractivity contribution in [3.05, 3.63) is 54.1 Å². The molecule has 2 aromatic carbocycles. The second kappa shape index (κ2) is 5.23. The fraction of sp³-hybridized carbons (Fsp3) is 0.0714. The zero-order valence-corrected chi connectivity index (χ0v) is 9.88. The van der Waals surface area contributed by atoms with Gasteiger partial charge in [-0.25, -0.2) is 4.79 Å². The normalized spacial score (nSPS) is 9.83. The molecule has 2 rings (SSSR count). The summed E-state index contributed by atoms with van der Waals surface area (Å²) in [4.78, 5) is 11.4. The first-order valence-electron chi connectivity index (χ1n) is 5.44. The monoisotopic (exact) mass is 243 g/mol. The van der Waals surface area contributed by atoms with Crippen molar-refractivity contribution >= 4 is 17.3 Å². The summed E-state index contributed by atoms with van der Waals surface area (Å²) in [6.07, 6.45) is 0. The fourth-order valence-electron chi connectivity index (χ4n) is 1.56. The maximum absolute atomic E-state index is 11.4. The molecule has 0 bridgehead atoms. The Balaban J connectivity index is 2.30. The predicted octanol–water partition coefficient (Wildman–Crippen LogP) is 2.92. The first kappa shape index (κ1) is 12.0. The van der Waals surface area contributed by atoms with Crippen molar-refractivity contribution in [1.29, 1.82) is 0 Å². The van der Waals surface area contributed by atoms with Gasteiger partial charge in [0.1, 0.15) is 5.75 Å². The van der Waals surface area contributed by atoms with Gasteiger partial charge in [0.2, 0.25) is 0 Å². The Bertz CT molecular complexity index is 552. The van der Waals surface area contributed by atoms with E-state index in [1.165, 1.54) is 19.2 Å². The summed E-state index contributed by atoms with van der Waals surface area (Å²) in [5.41, 5.74) is 1.67. The fourth-order valence-corrected chi connectivity index (χ4v) is 1.56. The van der Waals surface area contributed by atoms with Gasteiger partial charge in [-0.2, -0.15) is 0 Å². The third-order valence-corrected chi connectivity index (χ3v) is 2.47. The summed E-state index contributed by atoms with van der Waals surface area (Å²) in [6, 6.07) is 13.9. The van der Waals surface area contributed by atoms with E-state index in [0.717, 1.165) is 5.69 Å². The van der Waals surface area contributed by atoms with Crippen LogP contribution in [0.4, 0.5) is 11.4 Å². The molecule has 0 radical (unpaired) electrons. The number of hydrogen-bond donors (Lipinski definition) is 2. The van der Waals surface area contributed by atoms with Crippen LogP contribution in [0.2, 0.25) is 0 Å². The zero-order chi connectivity index (χ0) is 13.0. The third kappa shape index (κ3) is 2.60. The Morgan fingerprint density at radius 2 is 1.89 bits per heavy atom. The summed E-state index contributed by atoms with van der Waals surface area (Å²) >= 11 is 0. The molecule has 2 N–H and O–H groups in total. The lowest BCUT2D eigenvalue weighted by atomic mass is 10.2. The number of anilines is 2. The van der Waals surface area contributed by atoms with Gasteiger partial charge >= 0.3 is 5.97 Å². The highest BCUT2D eigenvalue weighted by Crippen LogP contribution is 2.27. The summed E-state index contributed by atoms with van der Waals surface area (Å²) < 4.78 is 4.63. The molecule has 0 heterocycles. The molecule has 0 aliphatic carbocycles. The van der Waals surface area contributed by atoms with Crippen molar-refractivity contribution in [3.63, 3.8) is 0 Å². The number of phenols is 1. The number of aromatic hydroxyl groups is 1. The van der Waals surface area contributed by atoms with Crippen LogP contribution in [0.3, 0.4) is 0 Å². The molecule has 4 heteroatoms. The smallest absolute Gasteiger partial charge is 0.337 e. The van der Waals surface area contributed by atoms with Crippen LogP contribution in [0.1, 0.15) is 10.4 Å². The molecule has 0 spiro atoms. The maximum Gasteiger partial charge on any atom is 0.337 e. The standard InChI is InChI=1S/C14H13NO3/c1-18-14(17)10-7-8-13(16)12(9-10)15-11-5-3-2-4-6-11/h2-9,15-16H,1H3. The van der Waals surface area contributed by atoms with E-state index in [1.807, 2.05) is 30.3 Å². The lowest BCUT2D eigenvalue weighted by molar-refractivity contribution is 0.0601. The predicted molar refractivity (Wildman–Crippen MR) is 69.2 cm³/mol. The van der Waals surface area contributed by atoms with Crippen molar-refractivity contribution in [2.45, 2.75) is 0 Å². The minimum atomic E-state index is -0.439. The zero-order valence-electron chi connectivity index (χ0n) is 9.88. The Labute approximate surface area is 105 Å². The Hall–Kier alpha value is -2.49. The van der Waals surface area contributed by atoms with Crippen LogP contribution in [-0.2, 0) is 4.74 Å². The average Bonchev–Trinajstić information content (AvgIpc) is 2.41. The Kier molecular flexibility index (Phi) is 3.48. The van der Waals surface area contributed by atoms with Crippen molar-refractivity contribution in [2.24, 2.45) is 0 Å². The van der Waals surface area contributed by atoms with Gasteiger partial charge in [0.05, 0.1) is 18.4 Å². The van der Waals surface area contributed by atoms with Crippen molar-refractivity contribution in [3.8, 4) is 5.75 Å². The first-order valence-corrected chi connectivity index (χ1v) is 5.44. The van der Waals surface area contributed by atoms with Gasteiger partial charge < -0.3 is 15.2 Å². The quantitative estimate of drug-likeness (QED) is 0.642. The molecule has 0 amide bonds. The summed E-state index contributed by atoms with van der Waals surface area (Å²) in [7, 11) is 1.32. The summed E-state index contributed by atoms with van der Waals surface area (Å²) in [5.74, 6) is -0.363. The van der Waals surface area contributed by atoms with Gasteiger partial charge in [0, 0.05) is 5.69 Å². The number of carbonyl (C=O) groups excluding carboxylic acids is 1. The van der Waals surface area contributed by atoms with E-state index in [4.69, 9.17) is 0 Å². The van der Waals surface area contributed by atoms with Gasteiger partial charge in [-0.05, 0) is 30.3 Å². The van der Waals surface area contributed by atoms with Crippen molar-refractivity contribution in [2.75, 3.05) is 12.4 Å². The number of carbonyl (C=O) groups is 1. The van der Waals surface area contributed by atoms with Crippen LogP contribution in [-0.4, -0.2) is 18.2 Å². The molecule has 0 aliphatic rings. The third-order valence-electron chi connectivity index (χ3n) is 2.47. The van der Waals surface area contributed by atoms with Crippen molar-refractivity contribution in [1.82, 2.24) is 0 Å². The second-order valence-electron chi connectivity index (χ2n) is 3.71. The maximum atomic E-state index is 11.4. The van der Waals surface area contributed by atoms with Crippen LogP contribution in [0.15, 0.2) is 48.5 Å². The molecule has 0 saturated heterocycles. The lowest BCUT2D eigenvalue weighted by Gasteiger charge is -2.09. The lowest BCUT2D eigenvalue weighted by Crippen LogP contribution is -2.02. The Morgan fingerprint density at radius 1 is 1.17 bits per heavy atom. The molecule has 2 aromatic rings. The molecule has 0 saturated carbocycles. The highest BCUT2D eigenvalue weighted by Gasteiger charge is 2.09. The van der Waals surface area contributed by atoms with E-state index in [1.54, 1.807) is 6.07 Å². The molecule has 0 fully saturated rings. The highest BCUT2D eigenvalue weighted by molar-refractivity contribution is 5.91. The minimum Gasteiger partial charge on any atom is -0.506 e. The largest absolute Gasteiger partial charge is 0.506 e. The van der Waals surface area contributed by atoms with Gasteiger partial charge in [0.25, 0.3) is 0 Å². The van der Waals surface area contributed by atoms with Gasteiger partial charge in [0.15, 0.2) is 0 Å². The van der Waals surface area contributed by atoms with Crippen LogP contribution in [0, 0.1) is 0 Å². The number of phenolic OH excluding ortho intramolecular Hbond substituents is 1. The molecule has 0 atom stereocenters. The first-order chi connectivity index (χ1) is 8.70.